The number of hydrogen-bond acceptors (Lipinski definition) is 3. The summed E-state index contributed by atoms with van der Waals surface area (Å²) in [4.78, 5) is 4.00. The standard InChI is InChI=1S/C12H6Cl2FN3/c13-9-5-8(1-2-10(9)15)17-12-4-7(6-16)3-11(14)18-12/h1-5H,(H,17,18). The van der Waals surface area contributed by atoms with E-state index in [0.29, 0.717) is 17.1 Å². The molecule has 0 aliphatic heterocycles. The van der Waals surface area contributed by atoms with Crippen LogP contribution >= 0.6 is 23.2 Å². The van der Waals surface area contributed by atoms with Gasteiger partial charge < -0.3 is 5.32 Å². The van der Waals surface area contributed by atoms with Crippen LogP contribution in [0.5, 0.6) is 0 Å². The first kappa shape index (κ1) is 12.6. The van der Waals surface area contributed by atoms with Crippen molar-refractivity contribution in [1.29, 1.82) is 5.26 Å². The average Bonchev–Trinajstić information content (AvgIpc) is 2.33. The molecule has 1 N–H and O–H groups in total. The van der Waals surface area contributed by atoms with Gasteiger partial charge in [-0.1, -0.05) is 23.2 Å². The second-order valence-electron chi connectivity index (χ2n) is 3.43. The average molecular weight is 282 g/mol. The molecule has 3 nitrogen and oxygen atoms in total. The lowest BCUT2D eigenvalue weighted by atomic mass is 10.2. The van der Waals surface area contributed by atoms with Gasteiger partial charge in [0.1, 0.15) is 16.8 Å². The van der Waals surface area contributed by atoms with Crippen molar-refractivity contribution in [2.24, 2.45) is 0 Å². The van der Waals surface area contributed by atoms with Crippen molar-refractivity contribution < 1.29 is 4.39 Å². The fourth-order valence-corrected chi connectivity index (χ4v) is 1.74. The third-order valence-corrected chi connectivity index (χ3v) is 2.60. The molecule has 1 heterocycles. The molecule has 0 unspecified atom stereocenters. The molecule has 18 heavy (non-hydrogen) atoms. The monoisotopic (exact) mass is 281 g/mol. The Bertz CT molecular complexity index is 638. The van der Waals surface area contributed by atoms with E-state index in [4.69, 9.17) is 28.5 Å². The summed E-state index contributed by atoms with van der Waals surface area (Å²) < 4.78 is 13.0. The maximum Gasteiger partial charge on any atom is 0.141 e. The summed E-state index contributed by atoms with van der Waals surface area (Å²) >= 11 is 11.4. The zero-order valence-electron chi connectivity index (χ0n) is 8.92. The summed E-state index contributed by atoms with van der Waals surface area (Å²) in [5.74, 6) is -0.110. The van der Waals surface area contributed by atoms with Crippen LogP contribution in [-0.4, -0.2) is 4.98 Å². The van der Waals surface area contributed by atoms with Crippen molar-refractivity contribution in [2.45, 2.75) is 0 Å². The SMILES string of the molecule is N#Cc1cc(Cl)nc(Nc2ccc(F)c(Cl)c2)c1. The van der Waals surface area contributed by atoms with E-state index in [1.807, 2.05) is 6.07 Å². The molecule has 2 rings (SSSR count). The molecule has 90 valence electrons. The Morgan fingerprint density at radius 3 is 2.67 bits per heavy atom. The number of anilines is 2. The third kappa shape index (κ3) is 2.89. The molecular weight excluding hydrogens is 276 g/mol. The molecule has 6 heteroatoms. The van der Waals surface area contributed by atoms with Crippen LogP contribution in [0.3, 0.4) is 0 Å². The van der Waals surface area contributed by atoms with Gasteiger partial charge in [-0.25, -0.2) is 9.37 Å². The lowest BCUT2D eigenvalue weighted by molar-refractivity contribution is 0.628. The van der Waals surface area contributed by atoms with Crippen LogP contribution in [0.15, 0.2) is 30.3 Å². The summed E-state index contributed by atoms with van der Waals surface area (Å²) in [6, 6.07) is 9.11. The van der Waals surface area contributed by atoms with E-state index in [2.05, 4.69) is 10.3 Å². The minimum Gasteiger partial charge on any atom is -0.340 e. The Hall–Kier alpha value is -1.83. The van der Waals surface area contributed by atoms with E-state index in [-0.39, 0.29) is 10.2 Å². The molecule has 0 saturated carbocycles. The second-order valence-corrected chi connectivity index (χ2v) is 4.22. The number of hydrogen-bond donors (Lipinski definition) is 1. The number of halogens is 3. The molecule has 0 spiro atoms. The highest BCUT2D eigenvalue weighted by Crippen LogP contribution is 2.23. The number of nitrogens with one attached hydrogen (secondary N) is 1. The van der Waals surface area contributed by atoms with Crippen LogP contribution in [0.2, 0.25) is 10.2 Å². The van der Waals surface area contributed by atoms with Gasteiger partial charge in [-0.15, -0.1) is 0 Å². The van der Waals surface area contributed by atoms with Gasteiger partial charge >= 0.3 is 0 Å². The maximum absolute atomic E-state index is 13.0. The summed E-state index contributed by atoms with van der Waals surface area (Å²) in [5, 5.41) is 11.9. The lowest BCUT2D eigenvalue weighted by Gasteiger charge is -2.07. The van der Waals surface area contributed by atoms with Crippen LogP contribution in [0.25, 0.3) is 0 Å². The molecule has 0 amide bonds. The number of benzene rings is 1. The van der Waals surface area contributed by atoms with Crippen molar-refractivity contribution in [3.05, 3.63) is 51.9 Å². The minimum absolute atomic E-state index is 0.00235. The van der Waals surface area contributed by atoms with E-state index in [1.54, 1.807) is 0 Å². The molecular formula is C12H6Cl2FN3. The van der Waals surface area contributed by atoms with Gasteiger partial charge in [-0.2, -0.15) is 5.26 Å². The van der Waals surface area contributed by atoms with Crippen LogP contribution in [-0.2, 0) is 0 Å². The van der Waals surface area contributed by atoms with Crippen molar-refractivity contribution in [2.75, 3.05) is 5.32 Å². The van der Waals surface area contributed by atoms with Gasteiger partial charge in [-0.05, 0) is 30.3 Å². The highest BCUT2D eigenvalue weighted by molar-refractivity contribution is 6.31. The Morgan fingerprint density at radius 2 is 2.00 bits per heavy atom. The van der Waals surface area contributed by atoms with Crippen LogP contribution in [0, 0.1) is 17.1 Å². The van der Waals surface area contributed by atoms with E-state index in [9.17, 15) is 4.39 Å². The van der Waals surface area contributed by atoms with Crippen LogP contribution < -0.4 is 5.32 Å². The van der Waals surface area contributed by atoms with Gasteiger partial charge in [0.15, 0.2) is 0 Å². The van der Waals surface area contributed by atoms with Crippen LogP contribution in [0.1, 0.15) is 5.56 Å². The van der Waals surface area contributed by atoms with Crippen molar-refractivity contribution in [3.8, 4) is 6.07 Å². The van der Waals surface area contributed by atoms with E-state index >= 15 is 0 Å². The predicted octanol–water partition coefficient (Wildman–Crippen LogP) is 4.14. The zero-order valence-corrected chi connectivity index (χ0v) is 10.4. The van der Waals surface area contributed by atoms with E-state index in [1.165, 1.54) is 30.3 Å². The Kier molecular flexibility index (Phi) is 3.66. The first-order chi connectivity index (χ1) is 8.58. The van der Waals surface area contributed by atoms with E-state index < -0.39 is 5.82 Å². The molecule has 1 aromatic carbocycles. The normalized spacial score (nSPS) is 9.89. The molecule has 0 atom stereocenters. The summed E-state index contributed by atoms with van der Waals surface area (Å²) in [6.45, 7) is 0. The van der Waals surface area contributed by atoms with Gasteiger partial charge in [-0.3, -0.25) is 0 Å². The van der Waals surface area contributed by atoms with Crippen molar-refractivity contribution >= 4 is 34.7 Å². The quantitative estimate of drug-likeness (QED) is 0.842. The Labute approximate surface area is 113 Å². The minimum atomic E-state index is -0.501. The summed E-state index contributed by atoms with van der Waals surface area (Å²) in [5.41, 5.74) is 0.936. The topological polar surface area (TPSA) is 48.7 Å². The maximum atomic E-state index is 13.0. The summed E-state index contributed by atoms with van der Waals surface area (Å²) in [6.07, 6.45) is 0. The summed E-state index contributed by atoms with van der Waals surface area (Å²) in [7, 11) is 0. The third-order valence-electron chi connectivity index (χ3n) is 2.12. The molecule has 0 aliphatic rings. The fraction of sp³-hybridized carbons (Fsp3) is 0. The molecule has 0 fully saturated rings. The predicted molar refractivity (Wildman–Crippen MR) is 68.7 cm³/mol. The van der Waals surface area contributed by atoms with E-state index in [0.717, 1.165) is 0 Å². The first-order valence-electron chi connectivity index (χ1n) is 4.88. The van der Waals surface area contributed by atoms with Gasteiger partial charge in [0.2, 0.25) is 0 Å². The highest BCUT2D eigenvalue weighted by atomic mass is 35.5. The fourth-order valence-electron chi connectivity index (χ4n) is 1.35. The van der Waals surface area contributed by atoms with Crippen molar-refractivity contribution in [3.63, 3.8) is 0 Å². The zero-order chi connectivity index (χ0) is 13.1. The van der Waals surface area contributed by atoms with Crippen molar-refractivity contribution in [1.82, 2.24) is 4.98 Å². The largest absolute Gasteiger partial charge is 0.340 e. The first-order valence-corrected chi connectivity index (χ1v) is 5.64. The number of pyridine rings is 1. The van der Waals surface area contributed by atoms with Gasteiger partial charge in [0, 0.05) is 5.69 Å². The molecule has 0 bridgehead atoms. The molecule has 0 radical (unpaired) electrons. The molecule has 1 aromatic heterocycles. The number of rotatable bonds is 2. The van der Waals surface area contributed by atoms with Gasteiger partial charge in [0.05, 0.1) is 16.7 Å². The number of nitrogens with zero attached hydrogens (tertiary/aromatic N) is 2. The molecule has 2 aromatic rings. The molecule has 0 aliphatic carbocycles. The van der Waals surface area contributed by atoms with Gasteiger partial charge in [0.25, 0.3) is 0 Å². The Morgan fingerprint density at radius 1 is 1.22 bits per heavy atom. The smallest absolute Gasteiger partial charge is 0.141 e. The van der Waals surface area contributed by atoms with Crippen LogP contribution in [0.4, 0.5) is 15.9 Å². The lowest BCUT2D eigenvalue weighted by Crippen LogP contribution is -1.95. The Balaban J connectivity index is 2.31. The molecule has 0 saturated heterocycles. The highest BCUT2D eigenvalue weighted by Gasteiger charge is 2.04. The second kappa shape index (κ2) is 5.21. The number of aromatic nitrogens is 1. The number of nitriles is 1.